The molecule has 3 heteroatoms. The van der Waals surface area contributed by atoms with Gasteiger partial charge in [0.15, 0.2) is 0 Å². The van der Waals surface area contributed by atoms with Crippen LogP contribution in [0.15, 0.2) is 0 Å². The molecule has 1 aliphatic carbocycles. The molecule has 1 rings (SSSR count). The molecule has 0 spiro atoms. The highest BCUT2D eigenvalue weighted by atomic mass is 35.5. The predicted octanol–water partition coefficient (Wildman–Crippen LogP) is 3.23. The van der Waals surface area contributed by atoms with Crippen molar-refractivity contribution in [3.05, 3.63) is 0 Å². The Kier molecular flexibility index (Phi) is 6.62. The maximum Gasteiger partial charge on any atom is 0.0574 e. The summed E-state index contributed by atoms with van der Waals surface area (Å²) in [5, 5.41) is 0. The highest BCUT2D eigenvalue weighted by molar-refractivity contribution is 6.18. The van der Waals surface area contributed by atoms with E-state index in [2.05, 4.69) is 0 Å². The first-order chi connectivity index (χ1) is 7.30. The molecule has 0 aliphatic heterocycles. The van der Waals surface area contributed by atoms with E-state index in [4.69, 9.17) is 21.1 Å². The van der Waals surface area contributed by atoms with Crippen LogP contribution in [0.5, 0.6) is 0 Å². The van der Waals surface area contributed by atoms with Crippen LogP contribution in [0, 0.1) is 5.92 Å². The lowest BCUT2D eigenvalue weighted by atomic mass is 9.96. The zero-order valence-corrected chi connectivity index (χ0v) is 10.6. The normalized spacial score (nSPS) is 34.2. The van der Waals surface area contributed by atoms with Crippen molar-refractivity contribution in [1.82, 2.24) is 0 Å². The van der Waals surface area contributed by atoms with Crippen LogP contribution in [0.25, 0.3) is 0 Å². The Balaban J connectivity index is 2.50. The highest BCUT2D eigenvalue weighted by Gasteiger charge is 2.21. The van der Waals surface area contributed by atoms with Crippen molar-refractivity contribution < 1.29 is 9.47 Å². The third kappa shape index (κ3) is 4.71. The number of hydrogen-bond acceptors (Lipinski definition) is 2. The Bertz CT molecular complexity index is 148. The molecule has 2 nitrogen and oxygen atoms in total. The molecule has 15 heavy (non-hydrogen) atoms. The van der Waals surface area contributed by atoms with Crippen molar-refractivity contribution in [2.24, 2.45) is 5.92 Å². The second kappa shape index (κ2) is 7.48. The second-order valence-corrected chi connectivity index (χ2v) is 4.80. The fourth-order valence-electron chi connectivity index (χ4n) is 2.37. The summed E-state index contributed by atoms with van der Waals surface area (Å²) in [4.78, 5) is 0. The molecule has 0 radical (unpaired) electrons. The van der Waals surface area contributed by atoms with Crippen LogP contribution in [0.3, 0.4) is 0 Å². The third-order valence-corrected chi connectivity index (χ3v) is 3.82. The Morgan fingerprint density at radius 1 is 1.00 bits per heavy atom. The second-order valence-electron chi connectivity index (χ2n) is 4.49. The molecule has 0 amide bonds. The van der Waals surface area contributed by atoms with Gasteiger partial charge in [0.2, 0.25) is 0 Å². The van der Waals surface area contributed by atoms with Gasteiger partial charge >= 0.3 is 0 Å². The zero-order valence-electron chi connectivity index (χ0n) is 9.88. The van der Waals surface area contributed by atoms with E-state index < -0.39 is 0 Å². The fourth-order valence-corrected chi connectivity index (χ4v) is 2.63. The summed E-state index contributed by atoms with van der Waals surface area (Å²) in [6.45, 7) is 0. The first-order valence-electron chi connectivity index (χ1n) is 5.91. The molecule has 2 unspecified atom stereocenters. The van der Waals surface area contributed by atoms with Gasteiger partial charge < -0.3 is 9.47 Å². The molecule has 90 valence electrons. The van der Waals surface area contributed by atoms with Gasteiger partial charge in [-0.3, -0.25) is 0 Å². The van der Waals surface area contributed by atoms with Crippen LogP contribution >= 0.6 is 11.6 Å². The number of rotatable bonds is 3. The van der Waals surface area contributed by atoms with Gasteiger partial charge in [-0.15, -0.1) is 11.6 Å². The number of hydrogen-bond donors (Lipinski definition) is 0. The maximum atomic E-state index is 5.99. The molecule has 0 bridgehead atoms. The van der Waals surface area contributed by atoms with E-state index in [1.807, 2.05) is 14.2 Å². The van der Waals surface area contributed by atoms with E-state index >= 15 is 0 Å². The van der Waals surface area contributed by atoms with E-state index in [0.717, 1.165) is 18.7 Å². The summed E-state index contributed by atoms with van der Waals surface area (Å²) in [5.41, 5.74) is 0. The molecule has 0 aromatic heterocycles. The van der Waals surface area contributed by atoms with Gasteiger partial charge in [0, 0.05) is 20.1 Å². The van der Waals surface area contributed by atoms with Crippen molar-refractivity contribution >= 4 is 11.6 Å². The van der Waals surface area contributed by atoms with E-state index in [0.29, 0.717) is 18.1 Å². The van der Waals surface area contributed by atoms with Gasteiger partial charge in [0.25, 0.3) is 0 Å². The van der Waals surface area contributed by atoms with Gasteiger partial charge in [-0.25, -0.2) is 0 Å². The lowest BCUT2D eigenvalue weighted by molar-refractivity contribution is 0.0563. The molecule has 0 saturated heterocycles. The number of halogens is 1. The van der Waals surface area contributed by atoms with E-state index in [-0.39, 0.29) is 0 Å². The number of alkyl halides is 1. The smallest absolute Gasteiger partial charge is 0.0574 e. The molecule has 2 atom stereocenters. The average Bonchev–Trinajstić information content (AvgIpc) is 2.38. The first-order valence-corrected chi connectivity index (χ1v) is 6.45. The van der Waals surface area contributed by atoms with E-state index in [9.17, 15) is 0 Å². The van der Waals surface area contributed by atoms with Crippen molar-refractivity contribution in [2.75, 3.05) is 20.1 Å². The average molecular weight is 235 g/mol. The number of methoxy groups -OCH3 is 2. The maximum absolute atomic E-state index is 5.99. The van der Waals surface area contributed by atoms with Gasteiger partial charge in [-0.2, -0.15) is 0 Å². The molecule has 0 aromatic carbocycles. The number of ether oxygens (including phenoxy) is 2. The van der Waals surface area contributed by atoms with Crippen LogP contribution in [0.1, 0.15) is 38.5 Å². The Hall–Kier alpha value is 0.210. The molecular formula is C12H23ClO2. The molecule has 1 aliphatic rings. The topological polar surface area (TPSA) is 18.5 Å². The summed E-state index contributed by atoms with van der Waals surface area (Å²) in [6.07, 6.45) is 7.77. The van der Waals surface area contributed by atoms with E-state index in [1.165, 1.54) is 25.7 Å². The largest absolute Gasteiger partial charge is 0.381 e. The monoisotopic (exact) mass is 234 g/mol. The SMILES string of the molecule is COC1CCCCC(OC)CC(CCl)C1. The van der Waals surface area contributed by atoms with Gasteiger partial charge in [-0.1, -0.05) is 12.8 Å². The standard InChI is InChI=1S/C12H23ClO2/c1-14-11-5-3-4-6-12(15-2)8-10(7-11)9-13/h10-12H,3-9H2,1-2H3. The fraction of sp³-hybridized carbons (Fsp3) is 1.00. The van der Waals surface area contributed by atoms with Crippen molar-refractivity contribution in [1.29, 1.82) is 0 Å². The van der Waals surface area contributed by atoms with Crippen molar-refractivity contribution in [3.63, 3.8) is 0 Å². The van der Waals surface area contributed by atoms with Gasteiger partial charge in [0.1, 0.15) is 0 Å². The summed E-state index contributed by atoms with van der Waals surface area (Å²) in [6, 6.07) is 0. The third-order valence-electron chi connectivity index (χ3n) is 3.38. The van der Waals surface area contributed by atoms with Crippen molar-refractivity contribution in [2.45, 2.75) is 50.7 Å². The minimum Gasteiger partial charge on any atom is -0.381 e. The highest BCUT2D eigenvalue weighted by Crippen LogP contribution is 2.26. The summed E-state index contributed by atoms with van der Waals surface area (Å²) in [7, 11) is 3.61. The minimum absolute atomic E-state index is 0.393. The summed E-state index contributed by atoms with van der Waals surface area (Å²) < 4.78 is 11.0. The summed E-state index contributed by atoms with van der Waals surface area (Å²) >= 11 is 5.99. The molecule has 0 N–H and O–H groups in total. The summed E-state index contributed by atoms with van der Waals surface area (Å²) in [5.74, 6) is 1.26. The molecular weight excluding hydrogens is 212 g/mol. The molecule has 0 heterocycles. The van der Waals surface area contributed by atoms with E-state index in [1.54, 1.807) is 0 Å². The molecule has 1 fully saturated rings. The van der Waals surface area contributed by atoms with Crippen LogP contribution in [0.4, 0.5) is 0 Å². The molecule has 0 aromatic rings. The zero-order chi connectivity index (χ0) is 11.1. The van der Waals surface area contributed by atoms with Crippen molar-refractivity contribution in [3.8, 4) is 0 Å². The van der Waals surface area contributed by atoms with Gasteiger partial charge in [-0.05, 0) is 31.6 Å². The Labute approximate surface area is 98.3 Å². The quantitative estimate of drug-likeness (QED) is 0.699. The molecule has 1 saturated carbocycles. The minimum atomic E-state index is 0.393. The predicted molar refractivity (Wildman–Crippen MR) is 63.5 cm³/mol. The van der Waals surface area contributed by atoms with Gasteiger partial charge in [0.05, 0.1) is 12.2 Å². The van der Waals surface area contributed by atoms with Crippen LogP contribution in [-0.2, 0) is 9.47 Å². The first kappa shape index (κ1) is 13.3. The van der Waals surface area contributed by atoms with Crippen LogP contribution < -0.4 is 0 Å². The van der Waals surface area contributed by atoms with Crippen LogP contribution in [0.2, 0.25) is 0 Å². The Morgan fingerprint density at radius 3 is 1.80 bits per heavy atom. The lowest BCUT2D eigenvalue weighted by Gasteiger charge is -2.22. The van der Waals surface area contributed by atoms with Crippen LogP contribution in [-0.4, -0.2) is 32.3 Å². The Morgan fingerprint density at radius 2 is 1.47 bits per heavy atom. The lowest BCUT2D eigenvalue weighted by Crippen LogP contribution is -2.21.